The first-order valence-electron chi connectivity index (χ1n) is 6.98. The van der Waals surface area contributed by atoms with Gasteiger partial charge < -0.3 is 0 Å². The quantitative estimate of drug-likeness (QED) is 0.715. The van der Waals surface area contributed by atoms with Gasteiger partial charge in [0.05, 0.1) is 5.69 Å². The van der Waals surface area contributed by atoms with Gasteiger partial charge in [0.2, 0.25) is 0 Å². The second-order valence-electron chi connectivity index (χ2n) is 6.23. The van der Waals surface area contributed by atoms with E-state index in [1.165, 1.54) is 0 Å². The molecule has 1 saturated carbocycles. The fraction of sp³-hybridized carbons (Fsp3) is 0.667. The highest BCUT2D eigenvalue weighted by Gasteiger charge is 2.50. The standard InChI is InChI=1S/C15H19N3O/c1-9-11-5-4-10-12(8-16)18(3)17-14(10)15(11,2)7-6-13(9)19/h9,11H,4-7H2,1-3H3/t9-,11-,15-/m0/s1. The highest BCUT2D eigenvalue weighted by atomic mass is 16.1. The molecule has 4 nitrogen and oxygen atoms in total. The predicted octanol–water partition coefficient (Wildman–Crippen LogP) is 2.11. The van der Waals surface area contributed by atoms with Crippen LogP contribution < -0.4 is 0 Å². The number of rotatable bonds is 0. The molecule has 3 atom stereocenters. The normalized spacial score (nSPS) is 33.5. The van der Waals surface area contributed by atoms with E-state index in [1.54, 1.807) is 4.68 Å². The van der Waals surface area contributed by atoms with Crippen molar-refractivity contribution in [1.82, 2.24) is 9.78 Å². The lowest BCUT2D eigenvalue weighted by Gasteiger charge is -2.46. The number of Topliss-reactive ketones (excluding diaryl/α,β-unsaturated/α-hetero) is 1. The summed E-state index contributed by atoms with van der Waals surface area (Å²) >= 11 is 0. The maximum atomic E-state index is 12.0. The Labute approximate surface area is 113 Å². The number of hydrogen-bond acceptors (Lipinski definition) is 3. The van der Waals surface area contributed by atoms with Gasteiger partial charge in [-0.15, -0.1) is 0 Å². The first kappa shape index (κ1) is 12.4. The molecule has 0 bridgehead atoms. The first-order chi connectivity index (χ1) is 8.99. The largest absolute Gasteiger partial charge is 0.299 e. The van der Waals surface area contributed by atoms with Gasteiger partial charge in [-0.2, -0.15) is 10.4 Å². The lowest BCUT2D eigenvalue weighted by atomic mass is 9.56. The molecule has 3 rings (SSSR count). The molecule has 0 N–H and O–H groups in total. The Hall–Kier alpha value is -1.63. The summed E-state index contributed by atoms with van der Waals surface area (Å²) in [5.74, 6) is 0.893. The summed E-state index contributed by atoms with van der Waals surface area (Å²) in [6, 6.07) is 2.27. The van der Waals surface area contributed by atoms with Gasteiger partial charge in [0.15, 0.2) is 0 Å². The van der Waals surface area contributed by atoms with Crippen LogP contribution in [0.4, 0.5) is 0 Å². The summed E-state index contributed by atoms with van der Waals surface area (Å²) in [4.78, 5) is 12.0. The Morgan fingerprint density at radius 3 is 2.89 bits per heavy atom. The highest BCUT2D eigenvalue weighted by molar-refractivity contribution is 5.82. The number of carbonyl (C=O) groups is 1. The molecule has 19 heavy (non-hydrogen) atoms. The van der Waals surface area contributed by atoms with Crippen LogP contribution in [-0.2, 0) is 23.7 Å². The minimum Gasteiger partial charge on any atom is -0.299 e. The second kappa shape index (κ2) is 3.93. The van der Waals surface area contributed by atoms with Crippen LogP contribution in [0.5, 0.6) is 0 Å². The van der Waals surface area contributed by atoms with Gasteiger partial charge in [-0.3, -0.25) is 9.48 Å². The number of aromatic nitrogens is 2. The summed E-state index contributed by atoms with van der Waals surface area (Å²) in [5, 5.41) is 13.9. The molecule has 0 spiro atoms. The summed E-state index contributed by atoms with van der Waals surface area (Å²) in [5.41, 5.74) is 2.85. The molecule has 1 heterocycles. The minimum absolute atomic E-state index is 0.0340. The molecule has 2 aliphatic carbocycles. The molecule has 1 aromatic rings. The van der Waals surface area contributed by atoms with E-state index in [1.807, 2.05) is 7.05 Å². The van der Waals surface area contributed by atoms with Gasteiger partial charge in [0.25, 0.3) is 0 Å². The third-order valence-corrected chi connectivity index (χ3v) is 5.32. The van der Waals surface area contributed by atoms with E-state index in [0.717, 1.165) is 30.5 Å². The molecular weight excluding hydrogens is 238 g/mol. The molecule has 0 aromatic carbocycles. The number of nitriles is 1. The average molecular weight is 257 g/mol. The topological polar surface area (TPSA) is 58.7 Å². The van der Waals surface area contributed by atoms with E-state index in [9.17, 15) is 10.1 Å². The highest BCUT2D eigenvalue weighted by Crippen LogP contribution is 2.50. The van der Waals surface area contributed by atoms with Crippen molar-refractivity contribution in [3.8, 4) is 6.07 Å². The Balaban J connectivity index is 2.14. The Kier molecular flexibility index (Phi) is 2.57. The number of hydrogen-bond donors (Lipinski definition) is 0. The van der Waals surface area contributed by atoms with Crippen molar-refractivity contribution >= 4 is 5.78 Å². The molecule has 0 unspecified atom stereocenters. The van der Waals surface area contributed by atoms with E-state index in [4.69, 9.17) is 0 Å². The maximum absolute atomic E-state index is 12.0. The monoisotopic (exact) mass is 257 g/mol. The zero-order valence-corrected chi connectivity index (χ0v) is 11.7. The van der Waals surface area contributed by atoms with Crippen LogP contribution in [0.25, 0.3) is 0 Å². The zero-order valence-electron chi connectivity index (χ0n) is 11.7. The van der Waals surface area contributed by atoms with Gasteiger partial charge in [-0.1, -0.05) is 13.8 Å². The van der Waals surface area contributed by atoms with Crippen molar-refractivity contribution in [3.63, 3.8) is 0 Å². The predicted molar refractivity (Wildman–Crippen MR) is 70.5 cm³/mol. The molecular formula is C15H19N3O. The summed E-state index contributed by atoms with van der Waals surface area (Å²) in [6.45, 7) is 4.29. The molecule has 0 saturated heterocycles. The zero-order chi connectivity index (χ0) is 13.8. The average Bonchev–Trinajstić information content (AvgIpc) is 2.71. The fourth-order valence-electron chi connectivity index (χ4n) is 4.14. The summed E-state index contributed by atoms with van der Waals surface area (Å²) in [6.07, 6.45) is 3.39. The number of carbonyl (C=O) groups excluding carboxylic acids is 1. The minimum atomic E-state index is -0.0340. The third kappa shape index (κ3) is 1.51. The van der Waals surface area contributed by atoms with Gasteiger partial charge in [-0.25, -0.2) is 0 Å². The number of ketones is 1. The molecule has 1 fully saturated rings. The van der Waals surface area contributed by atoms with E-state index >= 15 is 0 Å². The van der Waals surface area contributed by atoms with E-state index < -0.39 is 0 Å². The van der Waals surface area contributed by atoms with Crippen LogP contribution >= 0.6 is 0 Å². The summed E-state index contributed by atoms with van der Waals surface area (Å²) < 4.78 is 1.71. The number of fused-ring (bicyclic) bond motifs is 3. The summed E-state index contributed by atoms with van der Waals surface area (Å²) in [7, 11) is 1.84. The van der Waals surface area contributed by atoms with Crippen molar-refractivity contribution < 1.29 is 4.79 Å². The van der Waals surface area contributed by atoms with Crippen LogP contribution in [0.15, 0.2) is 0 Å². The Bertz CT molecular complexity index is 595. The van der Waals surface area contributed by atoms with Crippen LogP contribution in [-0.4, -0.2) is 15.6 Å². The molecule has 1 aromatic heterocycles. The van der Waals surface area contributed by atoms with Crippen LogP contribution in [0.1, 0.15) is 50.1 Å². The Morgan fingerprint density at radius 2 is 2.21 bits per heavy atom. The van der Waals surface area contributed by atoms with Gasteiger partial charge in [0, 0.05) is 30.4 Å². The van der Waals surface area contributed by atoms with Crippen molar-refractivity contribution in [2.24, 2.45) is 18.9 Å². The van der Waals surface area contributed by atoms with Crippen molar-refractivity contribution in [1.29, 1.82) is 5.26 Å². The fourth-order valence-corrected chi connectivity index (χ4v) is 4.14. The van der Waals surface area contributed by atoms with Crippen molar-refractivity contribution in [3.05, 3.63) is 17.0 Å². The van der Waals surface area contributed by atoms with Crippen LogP contribution in [0, 0.1) is 23.2 Å². The first-order valence-corrected chi connectivity index (χ1v) is 6.98. The maximum Gasteiger partial charge on any atom is 0.141 e. The molecule has 0 aliphatic heterocycles. The molecule has 0 amide bonds. The molecule has 0 radical (unpaired) electrons. The van der Waals surface area contributed by atoms with E-state index in [0.29, 0.717) is 23.8 Å². The second-order valence-corrected chi connectivity index (χ2v) is 6.23. The third-order valence-electron chi connectivity index (χ3n) is 5.32. The van der Waals surface area contributed by atoms with Gasteiger partial charge in [0.1, 0.15) is 17.5 Å². The lowest BCUT2D eigenvalue weighted by Crippen LogP contribution is -2.46. The SMILES string of the molecule is C[C@@H]1C(=O)CC[C@]2(C)c3nn(C)c(C#N)c3CC[C@@H]12. The van der Waals surface area contributed by atoms with Crippen LogP contribution in [0.3, 0.4) is 0 Å². The van der Waals surface area contributed by atoms with E-state index in [-0.39, 0.29) is 11.3 Å². The van der Waals surface area contributed by atoms with Gasteiger partial charge >= 0.3 is 0 Å². The number of aryl methyl sites for hydroxylation is 1. The van der Waals surface area contributed by atoms with E-state index in [2.05, 4.69) is 25.0 Å². The Morgan fingerprint density at radius 1 is 1.47 bits per heavy atom. The smallest absolute Gasteiger partial charge is 0.141 e. The van der Waals surface area contributed by atoms with Crippen molar-refractivity contribution in [2.45, 2.75) is 44.9 Å². The number of nitrogens with zero attached hydrogens (tertiary/aromatic N) is 3. The molecule has 100 valence electrons. The van der Waals surface area contributed by atoms with Crippen molar-refractivity contribution in [2.75, 3.05) is 0 Å². The van der Waals surface area contributed by atoms with Gasteiger partial charge in [-0.05, 0) is 25.2 Å². The van der Waals surface area contributed by atoms with Crippen LogP contribution in [0.2, 0.25) is 0 Å². The molecule has 4 heteroatoms. The lowest BCUT2D eigenvalue weighted by molar-refractivity contribution is -0.128. The molecule has 2 aliphatic rings.